The highest BCUT2D eigenvalue weighted by molar-refractivity contribution is 6.06. The van der Waals surface area contributed by atoms with Crippen molar-refractivity contribution in [1.29, 1.82) is 0 Å². The molecule has 62 valence electrons. The van der Waals surface area contributed by atoms with Gasteiger partial charge in [-0.1, -0.05) is 0 Å². The number of hydrogen-bond donors (Lipinski definition) is 2. The summed E-state index contributed by atoms with van der Waals surface area (Å²) in [6.07, 6.45) is 0. The Hall–Kier alpha value is -1.10. The smallest absolute Gasteiger partial charge is 0.324 e. The van der Waals surface area contributed by atoms with Crippen molar-refractivity contribution >= 4 is 11.9 Å². The second-order valence-corrected chi connectivity index (χ2v) is 2.97. The molecule has 1 saturated heterocycles. The van der Waals surface area contributed by atoms with Crippen molar-refractivity contribution in [3.63, 3.8) is 0 Å². The molecule has 1 heterocycles. The van der Waals surface area contributed by atoms with E-state index in [-0.39, 0.29) is 12.6 Å². The Morgan fingerprint density at radius 1 is 1.55 bits per heavy atom. The van der Waals surface area contributed by atoms with Crippen molar-refractivity contribution in [3.8, 4) is 0 Å². The molecule has 0 bridgehead atoms. The van der Waals surface area contributed by atoms with E-state index in [2.05, 4.69) is 5.32 Å². The minimum absolute atomic E-state index is 0.0614. The standard InChI is InChI=1S/C6H11N3O2/c1-6(2)4(10)9(3-7)5(11)8-6/h3,7H2,1-2H3,(H,8,11). The van der Waals surface area contributed by atoms with Gasteiger partial charge in [0.05, 0.1) is 6.67 Å². The molecule has 5 heteroatoms. The topological polar surface area (TPSA) is 75.4 Å². The van der Waals surface area contributed by atoms with Gasteiger partial charge in [0.15, 0.2) is 0 Å². The van der Waals surface area contributed by atoms with Crippen LogP contribution in [0.2, 0.25) is 0 Å². The van der Waals surface area contributed by atoms with Gasteiger partial charge in [-0.15, -0.1) is 0 Å². The van der Waals surface area contributed by atoms with Gasteiger partial charge in [-0.05, 0) is 13.8 Å². The predicted molar refractivity (Wildman–Crippen MR) is 38.5 cm³/mol. The van der Waals surface area contributed by atoms with Gasteiger partial charge >= 0.3 is 6.03 Å². The van der Waals surface area contributed by atoms with Crippen LogP contribution in [0.15, 0.2) is 0 Å². The summed E-state index contributed by atoms with van der Waals surface area (Å²) in [4.78, 5) is 23.2. The molecule has 0 aliphatic carbocycles. The lowest BCUT2D eigenvalue weighted by molar-refractivity contribution is -0.130. The van der Waals surface area contributed by atoms with Gasteiger partial charge in [0.2, 0.25) is 0 Å². The molecule has 1 fully saturated rings. The summed E-state index contributed by atoms with van der Waals surface area (Å²) in [6, 6.07) is -0.414. The molecule has 0 saturated carbocycles. The predicted octanol–water partition coefficient (Wildman–Crippen LogP) is -0.767. The van der Waals surface area contributed by atoms with Crippen LogP contribution in [0.1, 0.15) is 13.8 Å². The molecular weight excluding hydrogens is 146 g/mol. The van der Waals surface area contributed by atoms with Crippen molar-refractivity contribution in [3.05, 3.63) is 0 Å². The summed E-state index contributed by atoms with van der Waals surface area (Å²) in [5.74, 6) is -0.273. The quantitative estimate of drug-likeness (QED) is 0.491. The van der Waals surface area contributed by atoms with E-state index in [4.69, 9.17) is 5.73 Å². The van der Waals surface area contributed by atoms with Crippen molar-refractivity contribution in [2.24, 2.45) is 5.73 Å². The third-order valence-corrected chi connectivity index (χ3v) is 1.63. The SMILES string of the molecule is CC1(C)NC(=O)N(CN)C1=O. The molecule has 1 rings (SSSR count). The number of urea groups is 1. The Balaban J connectivity index is 2.88. The van der Waals surface area contributed by atoms with Gasteiger partial charge in [0.1, 0.15) is 5.54 Å². The van der Waals surface area contributed by atoms with Gasteiger partial charge in [-0.3, -0.25) is 4.79 Å². The lowest BCUT2D eigenvalue weighted by Gasteiger charge is -2.13. The highest BCUT2D eigenvalue weighted by Gasteiger charge is 2.43. The third-order valence-electron chi connectivity index (χ3n) is 1.63. The summed E-state index contributed by atoms with van der Waals surface area (Å²) >= 11 is 0. The Morgan fingerprint density at radius 2 is 2.09 bits per heavy atom. The van der Waals surface area contributed by atoms with Crippen molar-refractivity contribution < 1.29 is 9.59 Å². The number of hydrogen-bond acceptors (Lipinski definition) is 3. The minimum atomic E-state index is -0.795. The number of rotatable bonds is 1. The van der Waals surface area contributed by atoms with Crippen LogP contribution in [0.25, 0.3) is 0 Å². The van der Waals surface area contributed by atoms with Gasteiger partial charge in [-0.2, -0.15) is 0 Å². The van der Waals surface area contributed by atoms with Crippen molar-refractivity contribution in [2.75, 3.05) is 6.67 Å². The van der Waals surface area contributed by atoms with Crippen LogP contribution >= 0.6 is 0 Å². The first-order valence-electron chi connectivity index (χ1n) is 3.33. The molecule has 5 nitrogen and oxygen atoms in total. The Bertz CT molecular complexity index is 212. The molecule has 0 spiro atoms. The average molecular weight is 157 g/mol. The summed E-state index contributed by atoms with van der Waals surface area (Å²) < 4.78 is 0. The summed E-state index contributed by atoms with van der Waals surface area (Å²) in [6.45, 7) is 3.22. The number of nitrogens with two attached hydrogens (primary N) is 1. The van der Waals surface area contributed by atoms with Crippen molar-refractivity contribution in [2.45, 2.75) is 19.4 Å². The Labute approximate surface area is 64.5 Å². The van der Waals surface area contributed by atoms with E-state index in [1.165, 1.54) is 0 Å². The first-order chi connectivity index (χ1) is 4.99. The second-order valence-electron chi connectivity index (χ2n) is 2.97. The summed E-state index contributed by atoms with van der Waals surface area (Å²) in [5.41, 5.74) is 4.38. The number of imide groups is 1. The monoisotopic (exact) mass is 157 g/mol. The van der Waals surface area contributed by atoms with E-state index in [0.717, 1.165) is 4.90 Å². The molecule has 3 N–H and O–H groups in total. The van der Waals surface area contributed by atoms with Crippen LogP contribution in [0.5, 0.6) is 0 Å². The molecule has 0 atom stereocenters. The lowest BCUT2D eigenvalue weighted by atomic mass is 10.1. The number of nitrogens with zero attached hydrogens (tertiary/aromatic N) is 1. The fourth-order valence-electron chi connectivity index (χ4n) is 0.984. The maximum Gasteiger partial charge on any atom is 0.326 e. The van der Waals surface area contributed by atoms with E-state index < -0.39 is 11.6 Å². The molecule has 11 heavy (non-hydrogen) atoms. The molecule has 1 aliphatic rings. The second kappa shape index (κ2) is 2.20. The molecular formula is C6H11N3O2. The zero-order valence-corrected chi connectivity index (χ0v) is 6.55. The largest absolute Gasteiger partial charge is 0.326 e. The van der Waals surface area contributed by atoms with Crippen LogP contribution in [0, 0.1) is 0 Å². The zero-order valence-electron chi connectivity index (χ0n) is 6.55. The fourth-order valence-corrected chi connectivity index (χ4v) is 0.984. The molecule has 3 amide bonds. The van der Waals surface area contributed by atoms with E-state index in [0.29, 0.717) is 0 Å². The van der Waals surface area contributed by atoms with Gasteiger partial charge in [0.25, 0.3) is 5.91 Å². The average Bonchev–Trinajstić information content (AvgIpc) is 2.04. The molecule has 0 aromatic rings. The van der Waals surface area contributed by atoms with Crippen LogP contribution < -0.4 is 11.1 Å². The number of nitrogens with one attached hydrogen (secondary N) is 1. The Kier molecular flexibility index (Phi) is 1.60. The first-order valence-corrected chi connectivity index (χ1v) is 3.33. The summed E-state index contributed by atoms with van der Waals surface area (Å²) in [5, 5.41) is 2.50. The maximum absolute atomic E-state index is 11.2. The first kappa shape index (κ1) is 8.00. The number of carbonyl (C=O) groups is 2. The number of carbonyl (C=O) groups excluding carboxylic acids is 2. The van der Waals surface area contributed by atoms with Crippen LogP contribution in [-0.2, 0) is 4.79 Å². The molecule has 0 aromatic heterocycles. The Morgan fingerprint density at radius 3 is 2.27 bits per heavy atom. The normalized spacial score (nSPS) is 22.3. The lowest BCUT2D eigenvalue weighted by Crippen LogP contribution is -2.41. The van der Waals surface area contributed by atoms with E-state index in [1.54, 1.807) is 13.8 Å². The molecule has 1 aliphatic heterocycles. The van der Waals surface area contributed by atoms with Gasteiger partial charge in [0, 0.05) is 0 Å². The van der Waals surface area contributed by atoms with E-state index >= 15 is 0 Å². The van der Waals surface area contributed by atoms with Gasteiger partial charge < -0.3 is 11.1 Å². The van der Waals surface area contributed by atoms with E-state index in [9.17, 15) is 9.59 Å². The summed E-state index contributed by atoms with van der Waals surface area (Å²) in [7, 11) is 0. The van der Waals surface area contributed by atoms with Crippen molar-refractivity contribution in [1.82, 2.24) is 10.2 Å². The van der Waals surface area contributed by atoms with Crippen LogP contribution in [0.4, 0.5) is 4.79 Å². The number of amides is 3. The van der Waals surface area contributed by atoms with Gasteiger partial charge in [-0.25, -0.2) is 9.69 Å². The third kappa shape index (κ3) is 1.07. The van der Waals surface area contributed by atoms with Crippen LogP contribution in [0.3, 0.4) is 0 Å². The molecule has 0 unspecified atom stereocenters. The highest BCUT2D eigenvalue weighted by atomic mass is 16.2. The molecule has 0 aromatic carbocycles. The zero-order chi connectivity index (χ0) is 8.65. The fraction of sp³-hybridized carbons (Fsp3) is 0.667. The maximum atomic E-state index is 11.2. The highest BCUT2D eigenvalue weighted by Crippen LogP contribution is 2.14. The van der Waals surface area contributed by atoms with Crippen LogP contribution in [-0.4, -0.2) is 29.0 Å². The molecule has 0 radical (unpaired) electrons. The minimum Gasteiger partial charge on any atom is -0.324 e. The van der Waals surface area contributed by atoms with E-state index in [1.807, 2.05) is 0 Å².